The smallest absolute Gasteiger partial charge is 0.121 e. The molecule has 1 aliphatic rings. The van der Waals surface area contributed by atoms with Crippen molar-refractivity contribution in [3.8, 4) is 11.8 Å². The van der Waals surface area contributed by atoms with Gasteiger partial charge >= 0.3 is 0 Å². The fraction of sp³-hybridized carbons (Fsp3) is 0.800. The summed E-state index contributed by atoms with van der Waals surface area (Å²) in [5.41, 5.74) is 0. The summed E-state index contributed by atoms with van der Waals surface area (Å²) in [5.74, 6) is 6.78. The van der Waals surface area contributed by atoms with Crippen LogP contribution in [0.1, 0.15) is 13.3 Å². The van der Waals surface area contributed by atoms with Gasteiger partial charge in [0.1, 0.15) is 6.10 Å². The molecule has 0 aromatic heterocycles. The van der Waals surface area contributed by atoms with Gasteiger partial charge in [-0.25, -0.2) is 0 Å². The van der Waals surface area contributed by atoms with E-state index in [9.17, 15) is 0 Å². The fourth-order valence-corrected chi connectivity index (χ4v) is 1.53. The average Bonchev–Trinajstić information content (AvgIpc) is 2.01. The van der Waals surface area contributed by atoms with Crippen molar-refractivity contribution in [2.24, 2.45) is 5.92 Å². The van der Waals surface area contributed by atoms with E-state index in [1.807, 2.05) is 0 Å². The molecule has 2 nitrogen and oxygen atoms in total. The molecule has 2 unspecified atom stereocenters. The Morgan fingerprint density at radius 1 is 1.50 bits per heavy atom. The highest BCUT2D eigenvalue weighted by Crippen LogP contribution is 2.09. The Balaban J connectivity index is 2.61. The number of rotatable bonds is 1. The van der Waals surface area contributed by atoms with Crippen LogP contribution in [0.25, 0.3) is 0 Å². The monoisotopic (exact) mass is 167 g/mol. The summed E-state index contributed by atoms with van der Waals surface area (Å²) in [7, 11) is 3.87. The van der Waals surface area contributed by atoms with Crippen molar-refractivity contribution in [2.75, 3.05) is 27.2 Å². The molecule has 1 aliphatic heterocycles. The highest BCUT2D eigenvalue weighted by molar-refractivity contribution is 5.08. The van der Waals surface area contributed by atoms with Gasteiger partial charge in [0.2, 0.25) is 0 Å². The second-order valence-electron chi connectivity index (χ2n) is 3.47. The quantitative estimate of drug-likeness (QED) is 0.540. The standard InChI is InChI=1S/C10H17NO/c1-9-8-11(2)7-5-4-6-10(9)12-3/h9-10H,5,7-8H2,1-3H3. The van der Waals surface area contributed by atoms with Gasteiger partial charge in [0.05, 0.1) is 0 Å². The molecular weight excluding hydrogens is 150 g/mol. The Bertz CT molecular complexity index is 192. The van der Waals surface area contributed by atoms with E-state index in [1.54, 1.807) is 7.11 Å². The van der Waals surface area contributed by atoms with E-state index < -0.39 is 0 Å². The average molecular weight is 167 g/mol. The Hall–Kier alpha value is -0.520. The summed E-state index contributed by atoms with van der Waals surface area (Å²) in [5, 5.41) is 0. The van der Waals surface area contributed by atoms with Crippen LogP contribution in [0.3, 0.4) is 0 Å². The molecule has 0 spiro atoms. The number of methoxy groups -OCH3 is 1. The lowest BCUT2D eigenvalue weighted by molar-refractivity contribution is 0.0859. The number of nitrogens with zero attached hydrogens (tertiary/aromatic N) is 1. The Morgan fingerprint density at radius 2 is 2.25 bits per heavy atom. The number of hydrogen-bond acceptors (Lipinski definition) is 2. The Morgan fingerprint density at radius 3 is 2.92 bits per heavy atom. The van der Waals surface area contributed by atoms with Gasteiger partial charge in [0.25, 0.3) is 0 Å². The normalized spacial score (nSPS) is 31.6. The Labute approximate surface area is 74.9 Å². The molecule has 68 valence electrons. The lowest BCUT2D eigenvalue weighted by Crippen LogP contribution is -2.33. The molecule has 0 saturated carbocycles. The van der Waals surface area contributed by atoms with Crippen LogP contribution in [0.2, 0.25) is 0 Å². The van der Waals surface area contributed by atoms with E-state index in [-0.39, 0.29) is 6.10 Å². The predicted molar refractivity (Wildman–Crippen MR) is 49.9 cm³/mol. The molecule has 0 bridgehead atoms. The summed E-state index contributed by atoms with van der Waals surface area (Å²) in [4.78, 5) is 2.31. The van der Waals surface area contributed by atoms with Gasteiger partial charge in [-0.2, -0.15) is 0 Å². The molecule has 0 radical (unpaired) electrons. The first-order chi connectivity index (χ1) is 5.74. The maximum atomic E-state index is 5.29. The summed E-state index contributed by atoms with van der Waals surface area (Å²) < 4.78 is 5.29. The van der Waals surface area contributed by atoms with Crippen LogP contribution in [-0.4, -0.2) is 38.3 Å². The van der Waals surface area contributed by atoms with E-state index in [0.717, 1.165) is 19.5 Å². The molecule has 0 fully saturated rings. The molecule has 12 heavy (non-hydrogen) atoms. The lowest BCUT2D eigenvalue weighted by Gasteiger charge is -2.25. The van der Waals surface area contributed by atoms with Crippen molar-refractivity contribution in [2.45, 2.75) is 19.4 Å². The van der Waals surface area contributed by atoms with Gasteiger partial charge < -0.3 is 9.64 Å². The van der Waals surface area contributed by atoms with Crippen LogP contribution in [0, 0.1) is 17.8 Å². The fourth-order valence-electron chi connectivity index (χ4n) is 1.53. The van der Waals surface area contributed by atoms with Gasteiger partial charge in [-0.15, -0.1) is 0 Å². The molecule has 0 aromatic carbocycles. The van der Waals surface area contributed by atoms with Crippen LogP contribution < -0.4 is 0 Å². The van der Waals surface area contributed by atoms with E-state index in [0.29, 0.717) is 5.92 Å². The van der Waals surface area contributed by atoms with E-state index in [2.05, 4.69) is 30.7 Å². The highest BCUT2D eigenvalue weighted by Gasteiger charge is 2.16. The van der Waals surface area contributed by atoms with Gasteiger partial charge in [0.15, 0.2) is 0 Å². The van der Waals surface area contributed by atoms with Gasteiger partial charge in [-0.05, 0) is 7.05 Å². The molecule has 0 N–H and O–H groups in total. The molecule has 2 heteroatoms. The zero-order valence-corrected chi connectivity index (χ0v) is 8.13. The first-order valence-corrected chi connectivity index (χ1v) is 4.43. The molecule has 0 aromatic rings. The van der Waals surface area contributed by atoms with Crippen molar-refractivity contribution in [1.82, 2.24) is 4.90 Å². The van der Waals surface area contributed by atoms with E-state index in [4.69, 9.17) is 4.74 Å². The molecular formula is C10H17NO. The lowest BCUT2D eigenvalue weighted by atomic mass is 10.0. The number of hydrogen-bond donors (Lipinski definition) is 0. The minimum atomic E-state index is 0.118. The maximum Gasteiger partial charge on any atom is 0.121 e. The molecule has 0 aliphatic carbocycles. The van der Waals surface area contributed by atoms with Gasteiger partial charge in [-0.3, -0.25) is 0 Å². The summed E-state index contributed by atoms with van der Waals surface area (Å²) >= 11 is 0. The van der Waals surface area contributed by atoms with Crippen LogP contribution in [-0.2, 0) is 4.74 Å². The third-order valence-corrected chi connectivity index (χ3v) is 2.23. The third-order valence-electron chi connectivity index (χ3n) is 2.23. The van der Waals surface area contributed by atoms with Crippen molar-refractivity contribution in [1.29, 1.82) is 0 Å². The van der Waals surface area contributed by atoms with Crippen LogP contribution in [0.5, 0.6) is 0 Å². The van der Waals surface area contributed by atoms with Crippen molar-refractivity contribution >= 4 is 0 Å². The van der Waals surface area contributed by atoms with Crippen molar-refractivity contribution in [3.05, 3.63) is 0 Å². The topological polar surface area (TPSA) is 12.5 Å². The second-order valence-corrected chi connectivity index (χ2v) is 3.47. The molecule has 0 saturated heterocycles. The zero-order chi connectivity index (χ0) is 8.97. The highest BCUT2D eigenvalue weighted by atomic mass is 16.5. The zero-order valence-electron chi connectivity index (χ0n) is 8.13. The van der Waals surface area contributed by atoms with Gasteiger partial charge in [-0.1, -0.05) is 18.8 Å². The summed E-state index contributed by atoms with van der Waals surface area (Å²) in [6.45, 7) is 4.34. The third kappa shape index (κ3) is 2.51. The van der Waals surface area contributed by atoms with Crippen LogP contribution in [0.15, 0.2) is 0 Å². The minimum Gasteiger partial charge on any atom is -0.368 e. The van der Waals surface area contributed by atoms with Crippen molar-refractivity contribution < 1.29 is 4.74 Å². The van der Waals surface area contributed by atoms with Gasteiger partial charge in [0, 0.05) is 32.5 Å². The first-order valence-electron chi connectivity index (χ1n) is 4.43. The predicted octanol–water partition coefficient (Wildman–Crippen LogP) is 0.976. The van der Waals surface area contributed by atoms with Crippen LogP contribution in [0.4, 0.5) is 0 Å². The minimum absolute atomic E-state index is 0.118. The first kappa shape index (κ1) is 9.57. The van der Waals surface area contributed by atoms with E-state index >= 15 is 0 Å². The summed E-state index contributed by atoms with van der Waals surface area (Å²) in [6, 6.07) is 0. The largest absolute Gasteiger partial charge is 0.368 e. The molecule has 0 amide bonds. The van der Waals surface area contributed by atoms with E-state index in [1.165, 1.54) is 0 Å². The SMILES string of the molecule is COC1C#CCCN(C)CC1C. The molecule has 2 atom stereocenters. The molecule has 1 heterocycles. The maximum absolute atomic E-state index is 5.29. The molecule has 1 rings (SSSR count). The Kier molecular flexibility index (Phi) is 3.58. The summed E-state index contributed by atoms with van der Waals surface area (Å²) in [6.07, 6.45) is 1.08. The second kappa shape index (κ2) is 4.49. The van der Waals surface area contributed by atoms with Crippen LogP contribution >= 0.6 is 0 Å². The number of ether oxygens (including phenoxy) is 1. The van der Waals surface area contributed by atoms with Crippen molar-refractivity contribution in [3.63, 3.8) is 0 Å².